The quantitative estimate of drug-likeness (QED) is 0.605. The molecule has 0 spiro atoms. The normalized spacial score (nSPS) is 9.25. The van der Waals surface area contributed by atoms with Gasteiger partial charge in [0.15, 0.2) is 13.6 Å². The predicted octanol–water partition coefficient (Wildman–Crippen LogP) is 3.06. The minimum Gasteiger partial charge on any atom is -0.468 e. The summed E-state index contributed by atoms with van der Waals surface area (Å²) >= 11 is 0. The summed E-state index contributed by atoms with van der Waals surface area (Å²) in [7, 11) is 3.16. The Balaban J connectivity index is 1.92. The van der Waals surface area contributed by atoms with Gasteiger partial charge in [0, 0.05) is 25.3 Å². The molecule has 0 aromatic heterocycles. The topological polar surface area (TPSA) is 36.9 Å². The van der Waals surface area contributed by atoms with Crippen molar-refractivity contribution in [2.45, 2.75) is 0 Å². The van der Waals surface area contributed by atoms with Gasteiger partial charge < -0.3 is 18.9 Å². The van der Waals surface area contributed by atoms with Gasteiger partial charge in [-0.15, -0.1) is 0 Å². The van der Waals surface area contributed by atoms with Gasteiger partial charge in [-0.05, 0) is 60.4 Å². The Morgan fingerprint density at radius 2 is 1.00 bits per heavy atom. The minimum absolute atomic E-state index is 0.228. The number of ether oxygens (including phenoxy) is 4. The predicted molar refractivity (Wildman–Crippen MR) is 91.6 cm³/mol. The number of benzene rings is 2. The van der Waals surface area contributed by atoms with Gasteiger partial charge in [-0.3, -0.25) is 0 Å². The third-order valence-corrected chi connectivity index (χ3v) is 2.87. The van der Waals surface area contributed by atoms with E-state index >= 15 is 0 Å². The van der Waals surface area contributed by atoms with Gasteiger partial charge >= 0.3 is 0 Å². The van der Waals surface area contributed by atoms with Crippen molar-refractivity contribution in [2.24, 2.45) is 0 Å². The lowest BCUT2D eigenvalue weighted by Gasteiger charge is -2.03. The zero-order chi connectivity index (χ0) is 17.0. The molecule has 2 aromatic rings. The van der Waals surface area contributed by atoms with Gasteiger partial charge in [-0.2, -0.15) is 0 Å². The molecule has 0 amide bonds. The van der Waals surface area contributed by atoms with Crippen molar-refractivity contribution >= 4 is 0 Å². The summed E-state index contributed by atoms with van der Waals surface area (Å²) in [4.78, 5) is 0. The van der Waals surface area contributed by atoms with Crippen LogP contribution in [0.3, 0.4) is 0 Å². The third-order valence-electron chi connectivity index (χ3n) is 2.87. The van der Waals surface area contributed by atoms with E-state index in [9.17, 15) is 0 Å². The van der Waals surface area contributed by atoms with Crippen molar-refractivity contribution in [1.29, 1.82) is 0 Å². The van der Waals surface area contributed by atoms with Crippen molar-refractivity contribution in [1.82, 2.24) is 0 Å². The second kappa shape index (κ2) is 9.97. The molecule has 0 atom stereocenters. The minimum atomic E-state index is 0.228. The van der Waals surface area contributed by atoms with Crippen LogP contribution in [0.1, 0.15) is 11.1 Å². The first kappa shape index (κ1) is 17.4. The Kier molecular flexibility index (Phi) is 7.24. The number of hydrogen-bond acceptors (Lipinski definition) is 4. The molecule has 0 aliphatic rings. The Bertz CT molecular complexity index is 673. The van der Waals surface area contributed by atoms with E-state index in [-0.39, 0.29) is 13.6 Å². The molecule has 0 saturated carbocycles. The summed E-state index contributed by atoms with van der Waals surface area (Å²) in [5.41, 5.74) is 1.75. The maximum atomic E-state index is 5.31. The van der Waals surface area contributed by atoms with Crippen molar-refractivity contribution in [3.8, 4) is 35.2 Å². The van der Waals surface area contributed by atoms with Crippen LogP contribution in [-0.2, 0) is 9.47 Å². The fourth-order valence-electron chi connectivity index (χ4n) is 1.73. The van der Waals surface area contributed by atoms with E-state index in [1.54, 1.807) is 14.2 Å². The molecule has 0 radical (unpaired) electrons. The standard InChI is InChI=1S/C20H18O4/c1-21-15-23-19-11-7-17(8-12-19)5-3-4-6-18-9-13-20(14-10-18)24-16-22-2/h7-14H,15-16H2,1-2H3. The van der Waals surface area contributed by atoms with Crippen LogP contribution in [0, 0.1) is 23.7 Å². The molecule has 0 N–H and O–H groups in total. The van der Waals surface area contributed by atoms with Gasteiger partial charge in [0.25, 0.3) is 0 Å². The lowest BCUT2D eigenvalue weighted by atomic mass is 10.2. The maximum Gasteiger partial charge on any atom is 0.188 e. The molecular formula is C20H18O4. The molecule has 2 aromatic carbocycles. The van der Waals surface area contributed by atoms with E-state index in [2.05, 4.69) is 23.7 Å². The highest BCUT2D eigenvalue weighted by Crippen LogP contribution is 2.12. The first-order valence-corrected chi connectivity index (χ1v) is 7.27. The lowest BCUT2D eigenvalue weighted by molar-refractivity contribution is 0.0509. The van der Waals surface area contributed by atoms with Crippen LogP contribution in [0.5, 0.6) is 11.5 Å². The molecule has 0 unspecified atom stereocenters. The molecule has 0 bridgehead atoms. The molecule has 0 aliphatic heterocycles. The van der Waals surface area contributed by atoms with E-state index in [0.717, 1.165) is 22.6 Å². The van der Waals surface area contributed by atoms with E-state index in [4.69, 9.17) is 18.9 Å². The highest BCUT2D eigenvalue weighted by Gasteiger charge is 1.93. The Morgan fingerprint density at radius 1 is 0.625 bits per heavy atom. The van der Waals surface area contributed by atoms with Crippen LogP contribution >= 0.6 is 0 Å². The largest absolute Gasteiger partial charge is 0.468 e. The van der Waals surface area contributed by atoms with E-state index in [1.807, 2.05) is 48.5 Å². The van der Waals surface area contributed by atoms with Crippen LogP contribution < -0.4 is 9.47 Å². The van der Waals surface area contributed by atoms with Crippen LogP contribution in [0.2, 0.25) is 0 Å². The first-order chi connectivity index (χ1) is 11.8. The average molecular weight is 322 g/mol. The number of rotatable bonds is 6. The number of hydrogen-bond donors (Lipinski definition) is 0. The van der Waals surface area contributed by atoms with E-state index in [1.165, 1.54) is 0 Å². The molecule has 0 heterocycles. The van der Waals surface area contributed by atoms with Gasteiger partial charge in [0.1, 0.15) is 11.5 Å². The molecule has 0 saturated heterocycles. The summed E-state index contributed by atoms with van der Waals surface area (Å²) in [6, 6.07) is 14.9. The van der Waals surface area contributed by atoms with E-state index < -0.39 is 0 Å². The van der Waals surface area contributed by atoms with Gasteiger partial charge in [0.2, 0.25) is 0 Å². The first-order valence-electron chi connectivity index (χ1n) is 7.27. The average Bonchev–Trinajstić information content (AvgIpc) is 2.64. The van der Waals surface area contributed by atoms with Crippen molar-refractivity contribution < 1.29 is 18.9 Å². The zero-order valence-electron chi connectivity index (χ0n) is 13.7. The van der Waals surface area contributed by atoms with Crippen LogP contribution in [0.25, 0.3) is 0 Å². The molecule has 0 fully saturated rings. The van der Waals surface area contributed by atoms with Crippen molar-refractivity contribution in [2.75, 3.05) is 27.8 Å². The molecule has 122 valence electrons. The maximum absolute atomic E-state index is 5.31. The lowest BCUT2D eigenvalue weighted by Crippen LogP contribution is -1.98. The van der Waals surface area contributed by atoms with Gasteiger partial charge in [-0.1, -0.05) is 11.8 Å². The summed E-state index contributed by atoms with van der Waals surface area (Å²) in [6.45, 7) is 0.456. The highest BCUT2D eigenvalue weighted by molar-refractivity contribution is 5.46. The SMILES string of the molecule is COCOc1ccc(C#CC#Cc2ccc(OCOC)cc2)cc1. The molecule has 24 heavy (non-hydrogen) atoms. The highest BCUT2D eigenvalue weighted by atomic mass is 16.7. The van der Waals surface area contributed by atoms with Gasteiger partial charge in [0.05, 0.1) is 0 Å². The summed E-state index contributed by atoms with van der Waals surface area (Å²) in [5, 5.41) is 0. The summed E-state index contributed by atoms with van der Waals surface area (Å²) in [5.74, 6) is 13.1. The summed E-state index contributed by atoms with van der Waals surface area (Å²) < 4.78 is 20.3. The molecule has 0 aliphatic carbocycles. The van der Waals surface area contributed by atoms with E-state index in [0.29, 0.717) is 0 Å². The fourth-order valence-corrected chi connectivity index (χ4v) is 1.73. The van der Waals surface area contributed by atoms with Crippen LogP contribution in [-0.4, -0.2) is 27.8 Å². The number of methoxy groups -OCH3 is 2. The zero-order valence-corrected chi connectivity index (χ0v) is 13.7. The smallest absolute Gasteiger partial charge is 0.188 e. The molecule has 2 rings (SSSR count). The second-order valence-corrected chi connectivity index (χ2v) is 4.65. The molecular weight excluding hydrogens is 304 g/mol. The molecule has 4 heteroatoms. The van der Waals surface area contributed by atoms with Crippen LogP contribution in [0.15, 0.2) is 48.5 Å². The molecule has 4 nitrogen and oxygen atoms in total. The Labute approximate surface area is 142 Å². The fraction of sp³-hybridized carbons (Fsp3) is 0.200. The Morgan fingerprint density at radius 3 is 1.33 bits per heavy atom. The second-order valence-electron chi connectivity index (χ2n) is 4.65. The van der Waals surface area contributed by atoms with Crippen molar-refractivity contribution in [3.05, 3.63) is 59.7 Å². The van der Waals surface area contributed by atoms with Gasteiger partial charge in [-0.25, -0.2) is 0 Å². The third kappa shape index (κ3) is 6.06. The monoisotopic (exact) mass is 322 g/mol. The van der Waals surface area contributed by atoms with Crippen molar-refractivity contribution in [3.63, 3.8) is 0 Å². The summed E-state index contributed by atoms with van der Waals surface area (Å²) in [6.07, 6.45) is 0. The van der Waals surface area contributed by atoms with Crippen LogP contribution in [0.4, 0.5) is 0 Å². The Hall–Kier alpha value is -2.92.